The van der Waals surface area contributed by atoms with Gasteiger partial charge in [-0.15, -0.1) is 0 Å². The zero-order chi connectivity index (χ0) is 15.6. The van der Waals surface area contributed by atoms with Crippen LogP contribution in [0.3, 0.4) is 0 Å². The van der Waals surface area contributed by atoms with E-state index in [-0.39, 0.29) is 11.8 Å². The van der Waals surface area contributed by atoms with E-state index in [1.807, 2.05) is 26.0 Å². The molecule has 2 N–H and O–H groups in total. The van der Waals surface area contributed by atoms with Gasteiger partial charge in [-0.3, -0.25) is 0 Å². The van der Waals surface area contributed by atoms with E-state index in [0.717, 1.165) is 5.56 Å². The summed E-state index contributed by atoms with van der Waals surface area (Å²) in [6.07, 6.45) is 0. The van der Waals surface area contributed by atoms with Gasteiger partial charge in [-0.05, 0) is 52.3 Å². The van der Waals surface area contributed by atoms with Crippen LogP contribution >= 0.6 is 0 Å². The number of sulfone groups is 1. The smallest absolute Gasteiger partial charge is 0.159 e. The van der Waals surface area contributed by atoms with E-state index in [2.05, 4.69) is 0 Å². The Labute approximate surface area is 122 Å². The summed E-state index contributed by atoms with van der Waals surface area (Å²) in [5, 5.41) is 0. The third kappa shape index (κ3) is 3.96. The zero-order valence-corrected chi connectivity index (χ0v) is 13.8. The molecule has 1 atom stereocenters. The van der Waals surface area contributed by atoms with Gasteiger partial charge in [-0.1, -0.05) is 6.07 Å². The van der Waals surface area contributed by atoms with Crippen LogP contribution in [-0.2, 0) is 15.6 Å². The summed E-state index contributed by atoms with van der Waals surface area (Å²) in [6, 6.07) is 5.37. The van der Waals surface area contributed by atoms with E-state index in [1.54, 1.807) is 26.8 Å². The zero-order valence-electron chi connectivity index (χ0n) is 12.9. The molecule has 114 valence electrons. The van der Waals surface area contributed by atoms with Crippen molar-refractivity contribution < 1.29 is 13.2 Å². The highest BCUT2D eigenvalue weighted by Crippen LogP contribution is 2.28. The van der Waals surface area contributed by atoms with Crippen molar-refractivity contribution in [2.75, 3.05) is 6.61 Å². The Morgan fingerprint density at radius 1 is 1.30 bits per heavy atom. The summed E-state index contributed by atoms with van der Waals surface area (Å²) in [5.74, 6) is 0.580. The predicted octanol–water partition coefficient (Wildman–Crippen LogP) is 2.82. The van der Waals surface area contributed by atoms with Crippen LogP contribution in [0.5, 0.6) is 5.75 Å². The van der Waals surface area contributed by atoms with Crippen molar-refractivity contribution in [3.63, 3.8) is 0 Å². The molecule has 0 heterocycles. The normalized spacial score (nSPS) is 14.1. The second-order valence-corrected chi connectivity index (χ2v) is 8.70. The average molecular weight is 299 g/mol. The molecule has 1 aromatic carbocycles. The van der Waals surface area contributed by atoms with Crippen LogP contribution < -0.4 is 10.5 Å². The maximum absolute atomic E-state index is 12.4. The Hall–Kier alpha value is -1.07. The van der Waals surface area contributed by atoms with Gasteiger partial charge < -0.3 is 10.5 Å². The Kier molecular flexibility index (Phi) is 5.21. The number of hydrogen-bond donors (Lipinski definition) is 1. The number of benzene rings is 1. The highest BCUT2D eigenvalue weighted by molar-refractivity contribution is 7.91. The van der Waals surface area contributed by atoms with Crippen LogP contribution in [0, 0.1) is 0 Å². The van der Waals surface area contributed by atoms with E-state index < -0.39 is 14.6 Å². The molecule has 0 amide bonds. The van der Waals surface area contributed by atoms with E-state index in [9.17, 15) is 8.42 Å². The molecule has 0 saturated heterocycles. The molecule has 0 aliphatic carbocycles. The molecule has 20 heavy (non-hydrogen) atoms. The van der Waals surface area contributed by atoms with Crippen LogP contribution in [0.15, 0.2) is 18.2 Å². The molecule has 0 saturated carbocycles. The lowest BCUT2D eigenvalue weighted by Gasteiger charge is -2.21. The third-order valence-electron chi connectivity index (χ3n) is 3.19. The summed E-state index contributed by atoms with van der Waals surface area (Å²) >= 11 is 0. The topological polar surface area (TPSA) is 69.4 Å². The highest BCUT2D eigenvalue weighted by atomic mass is 32.2. The minimum Gasteiger partial charge on any atom is -0.494 e. The Morgan fingerprint density at radius 3 is 2.35 bits per heavy atom. The molecule has 1 unspecified atom stereocenters. The summed E-state index contributed by atoms with van der Waals surface area (Å²) in [6.45, 7) is 9.37. The molecule has 0 fully saturated rings. The summed E-state index contributed by atoms with van der Waals surface area (Å²) in [5.41, 5.74) is 7.45. The maximum Gasteiger partial charge on any atom is 0.159 e. The van der Waals surface area contributed by atoms with Crippen molar-refractivity contribution >= 4 is 9.84 Å². The molecule has 4 nitrogen and oxygen atoms in total. The van der Waals surface area contributed by atoms with E-state index >= 15 is 0 Å². The lowest BCUT2D eigenvalue weighted by molar-refractivity contribution is 0.337. The van der Waals surface area contributed by atoms with Crippen molar-refractivity contribution in [1.29, 1.82) is 0 Å². The van der Waals surface area contributed by atoms with Gasteiger partial charge in [0.15, 0.2) is 9.84 Å². The standard InChI is InChI=1S/C15H25NO3S/c1-6-19-14-8-7-12(11(2)16)9-13(14)10-20(17,18)15(3,4)5/h7-9,11H,6,10,16H2,1-5H3. The molecule has 5 heteroatoms. The van der Waals surface area contributed by atoms with Gasteiger partial charge in [0.1, 0.15) is 5.75 Å². The van der Waals surface area contributed by atoms with E-state index in [1.165, 1.54) is 0 Å². The molecule has 0 aliphatic rings. The molecule has 0 bridgehead atoms. The summed E-state index contributed by atoms with van der Waals surface area (Å²) < 4.78 is 29.5. The van der Waals surface area contributed by atoms with Gasteiger partial charge in [0.05, 0.1) is 17.1 Å². The van der Waals surface area contributed by atoms with Crippen molar-refractivity contribution in [3.05, 3.63) is 29.3 Å². The second-order valence-electron chi connectivity index (χ2n) is 5.96. The van der Waals surface area contributed by atoms with Crippen LogP contribution in [0.1, 0.15) is 51.8 Å². The first-order chi connectivity index (χ1) is 9.08. The summed E-state index contributed by atoms with van der Waals surface area (Å²) in [4.78, 5) is 0. The molecule has 0 spiro atoms. The van der Waals surface area contributed by atoms with E-state index in [0.29, 0.717) is 17.9 Å². The van der Waals surface area contributed by atoms with Gasteiger partial charge in [-0.25, -0.2) is 8.42 Å². The van der Waals surface area contributed by atoms with Crippen LogP contribution in [0.4, 0.5) is 0 Å². The van der Waals surface area contributed by atoms with Crippen molar-refractivity contribution in [1.82, 2.24) is 0 Å². The van der Waals surface area contributed by atoms with Crippen LogP contribution in [-0.4, -0.2) is 19.8 Å². The highest BCUT2D eigenvalue weighted by Gasteiger charge is 2.30. The predicted molar refractivity (Wildman–Crippen MR) is 82.6 cm³/mol. The molecule has 0 aromatic heterocycles. The first-order valence-corrected chi connectivity index (χ1v) is 8.47. The number of nitrogens with two attached hydrogens (primary N) is 1. The fourth-order valence-electron chi connectivity index (χ4n) is 1.71. The SMILES string of the molecule is CCOc1ccc(C(C)N)cc1CS(=O)(=O)C(C)(C)C. The largest absolute Gasteiger partial charge is 0.494 e. The van der Waals surface area contributed by atoms with Gasteiger partial charge in [0, 0.05) is 11.6 Å². The lowest BCUT2D eigenvalue weighted by atomic mass is 10.1. The van der Waals surface area contributed by atoms with Gasteiger partial charge >= 0.3 is 0 Å². The molecular formula is C15H25NO3S. The lowest BCUT2D eigenvalue weighted by Crippen LogP contribution is -2.29. The van der Waals surface area contributed by atoms with Crippen molar-refractivity contribution in [2.45, 2.75) is 51.2 Å². The van der Waals surface area contributed by atoms with Crippen LogP contribution in [0.25, 0.3) is 0 Å². The fourth-order valence-corrected chi connectivity index (χ4v) is 2.78. The van der Waals surface area contributed by atoms with Gasteiger partial charge in [0.2, 0.25) is 0 Å². The third-order valence-corrected chi connectivity index (χ3v) is 5.75. The fraction of sp³-hybridized carbons (Fsp3) is 0.600. The molecule has 1 aromatic rings. The first-order valence-electron chi connectivity index (χ1n) is 6.82. The van der Waals surface area contributed by atoms with Crippen LogP contribution in [0.2, 0.25) is 0 Å². The Bertz CT molecular complexity index is 557. The van der Waals surface area contributed by atoms with Crippen molar-refractivity contribution in [3.8, 4) is 5.75 Å². The Balaban J connectivity index is 3.23. The number of ether oxygens (including phenoxy) is 1. The van der Waals surface area contributed by atoms with Crippen molar-refractivity contribution in [2.24, 2.45) is 5.73 Å². The summed E-state index contributed by atoms with van der Waals surface area (Å²) in [7, 11) is -3.25. The molecule has 0 aliphatic heterocycles. The second kappa shape index (κ2) is 6.14. The quantitative estimate of drug-likeness (QED) is 0.907. The number of rotatable bonds is 5. The Morgan fingerprint density at radius 2 is 1.90 bits per heavy atom. The molecule has 0 radical (unpaired) electrons. The first kappa shape index (κ1) is 17.0. The minimum atomic E-state index is -3.25. The minimum absolute atomic E-state index is 0.0353. The van der Waals surface area contributed by atoms with E-state index in [4.69, 9.17) is 10.5 Å². The average Bonchev–Trinajstić information content (AvgIpc) is 2.29. The number of hydrogen-bond acceptors (Lipinski definition) is 4. The molecular weight excluding hydrogens is 274 g/mol. The monoisotopic (exact) mass is 299 g/mol. The van der Waals surface area contributed by atoms with Gasteiger partial charge in [-0.2, -0.15) is 0 Å². The molecule has 1 rings (SSSR count). The van der Waals surface area contributed by atoms with Gasteiger partial charge in [0.25, 0.3) is 0 Å². The maximum atomic E-state index is 12.4.